The summed E-state index contributed by atoms with van der Waals surface area (Å²) in [5, 5.41) is 4.98. The molecule has 1 aliphatic carbocycles. The van der Waals surface area contributed by atoms with Gasteiger partial charge in [0.2, 0.25) is 0 Å². The fourth-order valence-corrected chi connectivity index (χ4v) is 10.0. The number of anilines is 6. The Morgan fingerprint density at radius 3 is 1.30 bits per heavy atom. The molecule has 10 aromatic rings. The minimum Gasteiger partial charge on any atom is -0.310 e. The van der Waals surface area contributed by atoms with E-state index >= 15 is 0 Å². The molecule has 0 atom stereocenters. The summed E-state index contributed by atoms with van der Waals surface area (Å²) >= 11 is 0. The van der Waals surface area contributed by atoms with Gasteiger partial charge in [-0.05, 0) is 153 Å². The number of fused-ring (bicyclic) bond motifs is 8. The maximum absolute atomic E-state index is 2.48. The average Bonchev–Trinajstić information content (AvgIpc) is 3.62. The molecule has 0 aromatic heterocycles. The summed E-state index contributed by atoms with van der Waals surface area (Å²) in [6.07, 6.45) is 0. The topological polar surface area (TPSA) is 6.48 Å². The van der Waals surface area contributed by atoms with Crippen LogP contribution in [0.1, 0.15) is 33.4 Å². The number of aryl methyl sites for hydroxylation is 2. The fraction of sp³-hybridized carbons (Fsp3) is 0.0508. The highest BCUT2D eigenvalue weighted by atomic mass is 15.1. The van der Waals surface area contributed by atoms with Gasteiger partial charge in [-0.2, -0.15) is 0 Å². The van der Waals surface area contributed by atoms with E-state index in [1.807, 2.05) is 0 Å². The van der Waals surface area contributed by atoms with Crippen LogP contribution in [-0.4, -0.2) is 0 Å². The van der Waals surface area contributed by atoms with Gasteiger partial charge < -0.3 is 9.80 Å². The van der Waals surface area contributed by atoms with E-state index in [2.05, 4.69) is 254 Å². The molecule has 0 spiro atoms. The minimum atomic E-state index is -0.641. The maximum Gasteiger partial charge on any atom is 0.0720 e. The van der Waals surface area contributed by atoms with E-state index in [1.54, 1.807) is 0 Å². The van der Waals surface area contributed by atoms with Gasteiger partial charge in [-0.25, -0.2) is 0 Å². The van der Waals surface area contributed by atoms with E-state index < -0.39 is 5.41 Å². The first-order chi connectivity index (χ1) is 30.1. The molecule has 2 nitrogen and oxygen atoms in total. The summed E-state index contributed by atoms with van der Waals surface area (Å²) in [5.41, 5.74) is 16.2. The zero-order valence-electron chi connectivity index (χ0n) is 34.3. The monoisotopic (exact) mass is 780 g/mol. The Labute approximate surface area is 358 Å². The summed E-state index contributed by atoms with van der Waals surface area (Å²) in [6, 6.07) is 84.9. The number of hydrogen-bond donors (Lipinski definition) is 0. The molecule has 0 saturated carbocycles. The Bertz CT molecular complexity index is 3170. The predicted octanol–water partition coefficient (Wildman–Crippen LogP) is 15.9. The lowest BCUT2D eigenvalue weighted by atomic mass is 9.66. The molecule has 0 heterocycles. The van der Waals surface area contributed by atoms with E-state index in [9.17, 15) is 0 Å². The van der Waals surface area contributed by atoms with Crippen molar-refractivity contribution in [3.05, 3.63) is 264 Å². The Balaban J connectivity index is 1.25. The Morgan fingerprint density at radius 1 is 0.311 bits per heavy atom. The van der Waals surface area contributed by atoms with Gasteiger partial charge in [0.05, 0.1) is 5.41 Å². The third-order valence-electron chi connectivity index (χ3n) is 12.5. The van der Waals surface area contributed by atoms with Crippen molar-refractivity contribution in [2.75, 3.05) is 9.80 Å². The first-order valence-corrected chi connectivity index (χ1v) is 21.2. The molecule has 10 aromatic carbocycles. The van der Waals surface area contributed by atoms with Gasteiger partial charge in [-0.1, -0.05) is 158 Å². The third kappa shape index (κ3) is 5.94. The van der Waals surface area contributed by atoms with Gasteiger partial charge in [-0.15, -0.1) is 0 Å². The predicted molar refractivity (Wildman–Crippen MR) is 258 cm³/mol. The molecule has 0 bridgehead atoms. The molecule has 0 saturated heterocycles. The number of para-hydroxylation sites is 2. The van der Waals surface area contributed by atoms with Crippen molar-refractivity contribution >= 4 is 55.7 Å². The first-order valence-electron chi connectivity index (χ1n) is 21.2. The summed E-state index contributed by atoms with van der Waals surface area (Å²) in [6.45, 7) is 4.34. The lowest BCUT2D eigenvalue weighted by Crippen LogP contribution is -2.29. The molecule has 0 fully saturated rings. The second-order valence-corrected chi connectivity index (χ2v) is 16.3. The summed E-state index contributed by atoms with van der Waals surface area (Å²) in [4.78, 5) is 4.80. The molecule has 11 rings (SSSR count). The highest BCUT2D eigenvalue weighted by molar-refractivity contribution is 6.20. The second kappa shape index (κ2) is 14.9. The lowest BCUT2D eigenvalue weighted by molar-refractivity contribution is 0.776. The zero-order chi connectivity index (χ0) is 40.9. The van der Waals surface area contributed by atoms with Crippen molar-refractivity contribution in [1.82, 2.24) is 0 Å². The Morgan fingerprint density at radius 2 is 0.754 bits per heavy atom. The molecule has 0 aliphatic heterocycles. The smallest absolute Gasteiger partial charge is 0.0720 e. The Hall–Kier alpha value is -7.68. The van der Waals surface area contributed by atoms with Gasteiger partial charge in [-0.3, -0.25) is 0 Å². The molecule has 0 unspecified atom stereocenters. The molecule has 61 heavy (non-hydrogen) atoms. The number of nitrogens with zero attached hydrogens (tertiary/aromatic N) is 2. The second-order valence-electron chi connectivity index (χ2n) is 16.3. The highest BCUT2D eigenvalue weighted by Gasteiger charge is 2.48. The minimum absolute atomic E-state index is 0.641. The van der Waals surface area contributed by atoms with Crippen LogP contribution in [0.2, 0.25) is 0 Å². The first kappa shape index (κ1) is 36.4. The number of rotatable bonds is 8. The van der Waals surface area contributed by atoms with Crippen LogP contribution in [0.3, 0.4) is 0 Å². The van der Waals surface area contributed by atoms with Gasteiger partial charge in [0, 0.05) is 34.1 Å². The quantitative estimate of drug-likeness (QED) is 0.142. The van der Waals surface area contributed by atoms with Crippen LogP contribution in [0.15, 0.2) is 231 Å². The van der Waals surface area contributed by atoms with E-state index in [0.717, 1.165) is 34.1 Å². The van der Waals surface area contributed by atoms with Crippen LogP contribution in [-0.2, 0) is 5.41 Å². The van der Waals surface area contributed by atoms with Crippen molar-refractivity contribution < 1.29 is 0 Å². The normalized spacial score (nSPS) is 12.6. The van der Waals surface area contributed by atoms with Crippen LogP contribution in [0.25, 0.3) is 32.7 Å². The standard InChI is InChI=1S/C59H44N2/c1-41-19-17-29-47(37-41)60(45-25-11-5-12-26-45)49-33-35-53-55(39-49)51-31-15-16-32-52(51)57-54-36-34-50(61(46-27-13-6-14-28-46)48-30-18-20-42(2)38-48)40-56(54)59(58(53)57,43-21-7-3-8-22-43)44-23-9-4-10-24-44/h3-40H,1-2H3. The molecular formula is C59H44N2. The summed E-state index contributed by atoms with van der Waals surface area (Å²) in [7, 11) is 0. The van der Waals surface area contributed by atoms with Crippen LogP contribution < -0.4 is 9.80 Å². The SMILES string of the molecule is Cc1cccc(N(c2ccccc2)c2ccc3c(c2)C(c2ccccc2)(c2ccccc2)c2c-3c3ccccc3c3cc(N(c4ccccc4)c4cccc(C)c4)ccc23)c1. The van der Waals surface area contributed by atoms with E-state index in [1.165, 1.54) is 66.1 Å². The van der Waals surface area contributed by atoms with Crippen LogP contribution in [0.5, 0.6) is 0 Å². The molecule has 0 radical (unpaired) electrons. The van der Waals surface area contributed by atoms with E-state index in [0.29, 0.717) is 0 Å². The van der Waals surface area contributed by atoms with E-state index in [-0.39, 0.29) is 0 Å². The Kier molecular flexibility index (Phi) is 8.86. The number of benzene rings is 10. The van der Waals surface area contributed by atoms with E-state index in [4.69, 9.17) is 0 Å². The van der Waals surface area contributed by atoms with Crippen molar-refractivity contribution in [3.8, 4) is 11.1 Å². The fourth-order valence-electron chi connectivity index (χ4n) is 10.0. The van der Waals surface area contributed by atoms with Crippen molar-refractivity contribution in [2.24, 2.45) is 0 Å². The largest absolute Gasteiger partial charge is 0.310 e. The molecule has 1 aliphatic rings. The van der Waals surface area contributed by atoms with Crippen molar-refractivity contribution in [2.45, 2.75) is 19.3 Å². The number of hydrogen-bond acceptors (Lipinski definition) is 2. The van der Waals surface area contributed by atoms with Gasteiger partial charge in [0.15, 0.2) is 0 Å². The van der Waals surface area contributed by atoms with Gasteiger partial charge >= 0.3 is 0 Å². The molecule has 2 heteroatoms. The molecular weight excluding hydrogens is 737 g/mol. The maximum atomic E-state index is 2.48. The molecule has 0 N–H and O–H groups in total. The lowest BCUT2D eigenvalue weighted by Gasteiger charge is -2.36. The van der Waals surface area contributed by atoms with Crippen LogP contribution >= 0.6 is 0 Å². The summed E-state index contributed by atoms with van der Waals surface area (Å²) in [5.74, 6) is 0. The molecule has 290 valence electrons. The average molecular weight is 781 g/mol. The highest BCUT2D eigenvalue weighted by Crippen LogP contribution is 2.61. The molecule has 0 amide bonds. The van der Waals surface area contributed by atoms with Crippen molar-refractivity contribution in [1.29, 1.82) is 0 Å². The third-order valence-corrected chi connectivity index (χ3v) is 12.5. The van der Waals surface area contributed by atoms with Gasteiger partial charge in [0.1, 0.15) is 0 Å². The van der Waals surface area contributed by atoms with Gasteiger partial charge in [0.25, 0.3) is 0 Å². The zero-order valence-corrected chi connectivity index (χ0v) is 34.3. The van der Waals surface area contributed by atoms with Crippen LogP contribution in [0, 0.1) is 13.8 Å². The van der Waals surface area contributed by atoms with Crippen LogP contribution in [0.4, 0.5) is 34.1 Å². The van der Waals surface area contributed by atoms with Crippen molar-refractivity contribution in [3.63, 3.8) is 0 Å². The summed E-state index contributed by atoms with van der Waals surface area (Å²) < 4.78 is 0.